The molecule has 0 saturated heterocycles. The first-order valence-corrected chi connectivity index (χ1v) is 6.94. The predicted molar refractivity (Wildman–Crippen MR) is 79.2 cm³/mol. The van der Waals surface area contributed by atoms with Crippen molar-refractivity contribution in [2.75, 3.05) is 5.32 Å². The maximum Gasteiger partial charge on any atom is 0.265 e. The number of anilines is 1. The summed E-state index contributed by atoms with van der Waals surface area (Å²) >= 11 is 3.30. The number of halogens is 3. The molecule has 0 radical (unpaired) electrons. The van der Waals surface area contributed by atoms with E-state index in [2.05, 4.69) is 21.2 Å². The quantitative estimate of drug-likeness (QED) is 0.895. The molecule has 1 amide bonds. The number of benzene rings is 2. The molecule has 6 heteroatoms. The molecule has 21 heavy (non-hydrogen) atoms. The van der Waals surface area contributed by atoms with E-state index in [1.807, 2.05) is 6.07 Å². The van der Waals surface area contributed by atoms with Gasteiger partial charge in [-0.1, -0.05) is 12.1 Å². The summed E-state index contributed by atoms with van der Waals surface area (Å²) in [6.07, 6.45) is -0.869. The highest BCUT2D eigenvalue weighted by Gasteiger charge is 2.17. The molecule has 0 heterocycles. The molecule has 2 aromatic carbocycles. The van der Waals surface area contributed by atoms with Gasteiger partial charge in [0.25, 0.3) is 5.91 Å². The lowest BCUT2D eigenvalue weighted by Gasteiger charge is -2.16. The number of ether oxygens (including phenoxy) is 1. The highest BCUT2D eigenvalue weighted by Crippen LogP contribution is 2.25. The molecule has 2 aromatic rings. The van der Waals surface area contributed by atoms with Gasteiger partial charge < -0.3 is 10.1 Å². The van der Waals surface area contributed by atoms with E-state index >= 15 is 0 Å². The summed E-state index contributed by atoms with van der Waals surface area (Å²) in [4.78, 5) is 12.0. The van der Waals surface area contributed by atoms with Crippen molar-refractivity contribution in [2.45, 2.75) is 13.0 Å². The minimum atomic E-state index is -0.869. The lowest BCUT2D eigenvalue weighted by Crippen LogP contribution is -2.30. The van der Waals surface area contributed by atoms with Gasteiger partial charge in [-0.15, -0.1) is 0 Å². The van der Waals surface area contributed by atoms with Crippen LogP contribution in [0.4, 0.5) is 14.5 Å². The van der Waals surface area contributed by atoms with Crippen molar-refractivity contribution in [1.82, 2.24) is 0 Å². The Labute approximate surface area is 129 Å². The van der Waals surface area contributed by atoms with Crippen LogP contribution in [0.1, 0.15) is 6.92 Å². The van der Waals surface area contributed by atoms with Crippen molar-refractivity contribution in [3.8, 4) is 5.75 Å². The molecule has 1 N–H and O–H groups in total. The molecule has 1 unspecified atom stereocenters. The lowest BCUT2D eigenvalue weighted by molar-refractivity contribution is -0.122. The third-order valence-corrected chi connectivity index (χ3v) is 3.35. The Morgan fingerprint density at radius 2 is 1.95 bits per heavy atom. The molecular formula is C15H12BrF2NO2. The van der Waals surface area contributed by atoms with Crippen molar-refractivity contribution in [3.63, 3.8) is 0 Å². The molecule has 0 aromatic heterocycles. The summed E-state index contributed by atoms with van der Waals surface area (Å²) in [5, 5.41) is 2.30. The number of para-hydroxylation sites is 1. The summed E-state index contributed by atoms with van der Waals surface area (Å²) < 4.78 is 32.7. The molecule has 0 aliphatic carbocycles. The normalized spacial score (nSPS) is 11.8. The maximum absolute atomic E-state index is 13.5. The molecule has 2 rings (SSSR count). The summed E-state index contributed by atoms with van der Waals surface area (Å²) in [6.45, 7) is 1.52. The number of nitrogens with one attached hydrogen (secondary N) is 1. The topological polar surface area (TPSA) is 38.3 Å². The van der Waals surface area contributed by atoms with E-state index in [9.17, 15) is 13.6 Å². The third-order valence-electron chi connectivity index (χ3n) is 2.70. The highest BCUT2D eigenvalue weighted by molar-refractivity contribution is 9.10. The molecule has 0 aliphatic heterocycles. The van der Waals surface area contributed by atoms with Crippen LogP contribution >= 0.6 is 15.9 Å². The first-order valence-electron chi connectivity index (χ1n) is 6.14. The van der Waals surface area contributed by atoms with Gasteiger partial charge in [0.05, 0.1) is 10.2 Å². The highest BCUT2D eigenvalue weighted by atomic mass is 79.9. The van der Waals surface area contributed by atoms with Gasteiger partial charge in [0, 0.05) is 6.07 Å². The number of carbonyl (C=O) groups excluding carboxylic acids is 1. The molecule has 0 saturated carbocycles. The van der Waals surface area contributed by atoms with E-state index in [1.54, 1.807) is 18.2 Å². The molecule has 0 bridgehead atoms. The zero-order valence-electron chi connectivity index (χ0n) is 11.1. The van der Waals surface area contributed by atoms with Crippen molar-refractivity contribution in [3.05, 3.63) is 58.6 Å². The Kier molecular flexibility index (Phi) is 4.90. The lowest BCUT2D eigenvalue weighted by atomic mass is 10.2. The molecule has 0 spiro atoms. The fourth-order valence-electron chi connectivity index (χ4n) is 1.61. The monoisotopic (exact) mass is 355 g/mol. The van der Waals surface area contributed by atoms with E-state index in [-0.39, 0.29) is 5.69 Å². The van der Waals surface area contributed by atoms with Crippen molar-refractivity contribution in [1.29, 1.82) is 0 Å². The van der Waals surface area contributed by atoms with E-state index in [0.717, 1.165) is 18.2 Å². The van der Waals surface area contributed by atoms with E-state index in [1.165, 1.54) is 6.92 Å². The standard InChI is InChI=1S/C15H12BrF2NO2/c1-9(21-14-5-3-2-4-11(14)16)15(20)19-13-8-10(17)6-7-12(13)18/h2-9H,1H3,(H,19,20). The van der Waals surface area contributed by atoms with Crippen LogP contribution in [0, 0.1) is 11.6 Å². The Hall–Kier alpha value is -1.95. The fraction of sp³-hybridized carbons (Fsp3) is 0.133. The zero-order chi connectivity index (χ0) is 15.4. The number of carbonyl (C=O) groups is 1. The van der Waals surface area contributed by atoms with Crippen LogP contribution in [0.15, 0.2) is 46.9 Å². The van der Waals surface area contributed by atoms with Crippen LogP contribution in [0.2, 0.25) is 0 Å². The van der Waals surface area contributed by atoms with Gasteiger partial charge in [-0.25, -0.2) is 8.78 Å². The summed E-state index contributed by atoms with van der Waals surface area (Å²) in [5.41, 5.74) is -0.220. The predicted octanol–water partition coefficient (Wildman–Crippen LogP) is 4.13. The van der Waals surface area contributed by atoms with E-state index < -0.39 is 23.6 Å². The van der Waals surface area contributed by atoms with Crippen LogP contribution < -0.4 is 10.1 Å². The van der Waals surface area contributed by atoms with E-state index in [4.69, 9.17) is 4.74 Å². The summed E-state index contributed by atoms with van der Waals surface area (Å²) in [6, 6.07) is 9.87. The van der Waals surface area contributed by atoms with Crippen LogP contribution in [0.5, 0.6) is 5.75 Å². The van der Waals surface area contributed by atoms with Crippen LogP contribution in [0.3, 0.4) is 0 Å². The molecule has 3 nitrogen and oxygen atoms in total. The van der Waals surface area contributed by atoms with Gasteiger partial charge in [0.15, 0.2) is 6.10 Å². The maximum atomic E-state index is 13.5. The minimum absolute atomic E-state index is 0.220. The second-order valence-electron chi connectivity index (χ2n) is 4.30. The third kappa shape index (κ3) is 4.01. The van der Waals surface area contributed by atoms with Gasteiger partial charge >= 0.3 is 0 Å². The Balaban J connectivity index is 2.06. The molecular weight excluding hydrogens is 344 g/mol. The first kappa shape index (κ1) is 15.4. The number of hydrogen-bond donors (Lipinski definition) is 1. The SMILES string of the molecule is CC(Oc1ccccc1Br)C(=O)Nc1cc(F)ccc1F. The van der Waals surface area contributed by atoms with Crippen molar-refractivity contribution >= 4 is 27.5 Å². The zero-order valence-corrected chi connectivity index (χ0v) is 12.7. The minimum Gasteiger partial charge on any atom is -0.480 e. The van der Waals surface area contributed by atoms with Gasteiger partial charge in [-0.2, -0.15) is 0 Å². The van der Waals surface area contributed by atoms with Crippen molar-refractivity contribution < 1.29 is 18.3 Å². The van der Waals surface area contributed by atoms with Crippen LogP contribution in [0.25, 0.3) is 0 Å². The molecule has 110 valence electrons. The molecule has 1 atom stereocenters. The Morgan fingerprint density at radius 1 is 1.24 bits per heavy atom. The average molecular weight is 356 g/mol. The summed E-state index contributed by atoms with van der Waals surface area (Å²) in [7, 11) is 0. The van der Waals surface area contributed by atoms with Crippen LogP contribution in [-0.2, 0) is 4.79 Å². The number of rotatable bonds is 4. The van der Waals surface area contributed by atoms with Gasteiger partial charge in [-0.05, 0) is 47.1 Å². The second-order valence-corrected chi connectivity index (χ2v) is 5.16. The van der Waals surface area contributed by atoms with Crippen LogP contribution in [-0.4, -0.2) is 12.0 Å². The number of amides is 1. The Morgan fingerprint density at radius 3 is 2.67 bits per heavy atom. The first-order chi connectivity index (χ1) is 9.97. The summed E-state index contributed by atoms with van der Waals surface area (Å²) in [5.74, 6) is -1.43. The largest absolute Gasteiger partial charge is 0.480 e. The molecule has 0 fully saturated rings. The van der Waals surface area contributed by atoms with Crippen molar-refractivity contribution in [2.24, 2.45) is 0 Å². The van der Waals surface area contributed by atoms with Gasteiger partial charge in [0.1, 0.15) is 17.4 Å². The van der Waals surface area contributed by atoms with E-state index in [0.29, 0.717) is 10.2 Å². The fourth-order valence-corrected chi connectivity index (χ4v) is 1.99. The number of hydrogen-bond acceptors (Lipinski definition) is 2. The second kappa shape index (κ2) is 6.67. The average Bonchev–Trinajstić information content (AvgIpc) is 2.45. The molecule has 0 aliphatic rings. The Bertz CT molecular complexity index is 664. The van der Waals surface area contributed by atoms with Gasteiger partial charge in [-0.3, -0.25) is 4.79 Å². The van der Waals surface area contributed by atoms with Gasteiger partial charge in [0.2, 0.25) is 0 Å². The smallest absolute Gasteiger partial charge is 0.265 e.